The molecule has 2 aromatic carbocycles. The van der Waals surface area contributed by atoms with E-state index in [0.717, 1.165) is 34.8 Å². The first-order valence-corrected chi connectivity index (χ1v) is 9.48. The number of aryl methyl sites for hydroxylation is 2. The van der Waals surface area contributed by atoms with Crippen LogP contribution in [-0.2, 0) is 9.59 Å². The highest BCUT2D eigenvalue weighted by molar-refractivity contribution is 6.60. The Bertz CT molecular complexity index is 928. The number of hydrogen-bond donors (Lipinski definition) is 0. The third-order valence-corrected chi connectivity index (χ3v) is 5.41. The van der Waals surface area contributed by atoms with Crippen LogP contribution in [0, 0.1) is 13.8 Å². The van der Waals surface area contributed by atoms with Crippen LogP contribution in [0.5, 0.6) is 0 Å². The molecule has 1 aliphatic heterocycles. The lowest BCUT2D eigenvalue weighted by Crippen LogP contribution is -2.31. The number of nitrogens with zero attached hydrogens (tertiary/aromatic N) is 2. The summed E-state index contributed by atoms with van der Waals surface area (Å²) in [5, 5.41) is -0.0314. The van der Waals surface area contributed by atoms with Gasteiger partial charge in [-0.05, 0) is 68.7 Å². The van der Waals surface area contributed by atoms with Crippen LogP contribution >= 0.6 is 11.6 Å². The molecule has 4 nitrogen and oxygen atoms in total. The molecule has 0 aliphatic carbocycles. The lowest BCUT2D eigenvalue weighted by atomic mass is 10.0. The average molecular weight is 383 g/mol. The first kappa shape index (κ1) is 19.2. The van der Waals surface area contributed by atoms with Gasteiger partial charge in [0.1, 0.15) is 5.03 Å². The molecule has 0 fully saturated rings. The molecule has 0 unspecified atom stereocenters. The number of amides is 2. The van der Waals surface area contributed by atoms with E-state index in [0.29, 0.717) is 11.3 Å². The summed E-state index contributed by atoms with van der Waals surface area (Å²) >= 11 is 6.28. The molecule has 27 heavy (non-hydrogen) atoms. The molecule has 2 aromatic rings. The molecular formula is C22H23ClN2O2. The number of benzene rings is 2. The van der Waals surface area contributed by atoms with E-state index in [1.807, 2.05) is 44.2 Å². The molecule has 140 valence electrons. The summed E-state index contributed by atoms with van der Waals surface area (Å²) in [5.74, 6) is -0.866. The van der Waals surface area contributed by atoms with E-state index in [1.165, 1.54) is 0 Å². The van der Waals surface area contributed by atoms with Crippen molar-refractivity contribution >= 4 is 40.4 Å². The van der Waals surface area contributed by atoms with Gasteiger partial charge in [-0.1, -0.05) is 29.8 Å². The average Bonchev–Trinajstić information content (AvgIpc) is 2.88. The van der Waals surface area contributed by atoms with Crippen molar-refractivity contribution in [2.75, 3.05) is 22.9 Å². The van der Waals surface area contributed by atoms with Gasteiger partial charge in [0.2, 0.25) is 0 Å². The molecule has 1 heterocycles. The molecule has 0 N–H and O–H groups in total. The molecule has 0 saturated carbocycles. The van der Waals surface area contributed by atoms with Gasteiger partial charge in [-0.25, -0.2) is 4.90 Å². The second-order valence-corrected chi connectivity index (χ2v) is 7.00. The highest BCUT2D eigenvalue weighted by Crippen LogP contribution is 2.35. The van der Waals surface area contributed by atoms with Crippen molar-refractivity contribution in [2.45, 2.75) is 27.7 Å². The Morgan fingerprint density at radius 2 is 1.52 bits per heavy atom. The second kappa shape index (κ2) is 7.57. The summed E-state index contributed by atoms with van der Waals surface area (Å²) in [4.78, 5) is 29.0. The number of anilines is 2. The third-order valence-electron chi connectivity index (χ3n) is 5.06. The number of rotatable bonds is 5. The quantitative estimate of drug-likeness (QED) is 0.705. The summed E-state index contributed by atoms with van der Waals surface area (Å²) in [7, 11) is 0. The van der Waals surface area contributed by atoms with Gasteiger partial charge < -0.3 is 4.90 Å². The molecule has 5 heteroatoms. The fourth-order valence-corrected chi connectivity index (χ4v) is 3.56. The predicted molar refractivity (Wildman–Crippen MR) is 111 cm³/mol. The van der Waals surface area contributed by atoms with Crippen molar-refractivity contribution in [1.82, 2.24) is 0 Å². The van der Waals surface area contributed by atoms with Gasteiger partial charge in [0, 0.05) is 18.8 Å². The van der Waals surface area contributed by atoms with E-state index in [4.69, 9.17) is 11.6 Å². The maximum atomic E-state index is 13.0. The van der Waals surface area contributed by atoms with Crippen LogP contribution in [0.4, 0.5) is 11.4 Å². The lowest BCUT2D eigenvalue weighted by Gasteiger charge is -2.22. The Balaban J connectivity index is 1.95. The van der Waals surface area contributed by atoms with Gasteiger partial charge in [-0.15, -0.1) is 0 Å². The number of carbonyl (C=O) groups is 2. The van der Waals surface area contributed by atoms with E-state index < -0.39 is 5.91 Å². The van der Waals surface area contributed by atoms with E-state index in [-0.39, 0.29) is 16.5 Å². The minimum Gasteiger partial charge on any atom is -0.372 e. The smallest absolute Gasteiger partial charge is 0.277 e. The van der Waals surface area contributed by atoms with Crippen molar-refractivity contribution in [2.24, 2.45) is 0 Å². The number of carbonyl (C=O) groups excluding carboxylic acids is 2. The van der Waals surface area contributed by atoms with Gasteiger partial charge >= 0.3 is 0 Å². The van der Waals surface area contributed by atoms with Crippen molar-refractivity contribution in [3.05, 3.63) is 64.2 Å². The Kier molecular flexibility index (Phi) is 5.38. The van der Waals surface area contributed by atoms with Crippen LogP contribution in [0.25, 0.3) is 5.57 Å². The van der Waals surface area contributed by atoms with E-state index in [9.17, 15) is 9.59 Å². The van der Waals surface area contributed by atoms with E-state index in [2.05, 4.69) is 18.7 Å². The molecule has 3 rings (SSSR count). The SMILES string of the molecule is CCN(CC)c1ccc(N2C(=O)C(Cl)=C(c3ccc(C)c(C)c3)C2=O)cc1. The first-order chi connectivity index (χ1) is 12.9. The standard InChI is InChI=1S/C22H23ClN2O2/c1-5-24(6-2)17-9-11-18(12-10-17)25-21(26)19(20(23)22(25)27)16-8-7-14(3)15(4)13-16/h7-13H,5-6H2,1-4H3. The Labute approximate surface area is 165 Å². The van der Waals surface area contributed by atoms with E-state index in [1.54, 1.807) is 12.1 Å². The van der Waals surface area contributed by atoms with Crippen LogP contribution in [0.3, 0.4) is 0 Å². The molecule has 0 bridgehead atoms. The summed E-state index contributed by atoms with van der Waals surface area (Å²) < 4.78 is 0. The number of hydrogen-bond acceptors (Lipinski definition) is 3. The first-order valence-electron chi connectivity index (χ1n) is 9.10. The van der Waals surface area contributed by atoms with Gasteiger partial charge in [0.05, 0.1) is 11.3 Å². The number of halogens is 1. The van der Waals surface area contributed by atoms with Gasteiger partial charge in [-0.2, -0.15) is 0 Å². The zero-order valence-electron chi connectivity index (χ0n) is 16.0. The zero-order valence-corrected chi connectivity index (χ0v) is 16.8. The van der Waals surface area contributed by atoms with Gasteiger partial charge in [0.15, 0.2) is 0 Å². The van der Waals surface area contributed by atoms with Crippen molar-refractivity contribution in [1.29, 1.82) is 0 Å². The van der Waals surface area contributed by atoms with Crippen LogP contribution in [0.2, 0.25) is 0 Å². The van der Waals surface area contributed by atoms with Crippen molar-refractivity contribution < 1.29 is 9.59 Å². The Morgan fingerprint density at radius 1 is 0.889 bits per heavy atom. The highest BCUT2D eigenvalue weighted by atomic mass is 35.5. The molecule has 0 radical (unpaired) electrons. The summed E-state index contributed by atoms with van der Waals surface area (Å²) in [6.45, 7) is 9.93. The fourth-order valence-electron chi connectivity index (χ4n) is 3.29. The van der Waals surface area contributed by atoms with Crippen LogP contribution in [0.15, 0.2) is 47.5 Å². The molecule has 1 aliphatic rings. The van der Waals surface area contributed by atoms with E-state index >= 15 is 0 Å². The van der Waals surface area contributed by atoms with Gasteiger partial charge in [0.25, 0.3) is 11.8 Å². The monoisotopic (exact) mass is 382 g/mol. The summed E-state index contributed by atoms with van der Waals surface area (Å²) in [6, 6.07) is 13.1. The molecule has 0 saturated heterocycles. The van der Waals surface area contributed by atoms with Crippen LogP contribution in [-0.4, -0.2) is 24.9 Å². The third kappa shape index (κ3) is 3.37. The molecule has 2 amide bonds. The maximum absolute atomic E-state index is 13.0. The molecule has 0 atom stereocenters. The highest BCUT2D eigenvalue weighted by Gasteiger charge is 2.39. The van der Waals surface area contributed by atoms with Crippen molar-refractivity contribution in [3.8, 4) is 0 Å². The minimum absolute atomic E-state index is 0.0314. The fraction of sp³-hybridized carbons (Fsp3) is 0.273. The van der Waals surface area contributed by atoms with Crippen molar-refractivity contribution in [3.63, 3.8) is 0 Å². The van der Waals surface area contributed by atoms with Crippen LogP contribution < -0.4 is 9.80 Å². The maximum Gasteiger partial charge on any atom is 0.277 e. The largest absolute Gasteiger partial charge is 0.372 e. The van der Waals surface area contributed by atoms with Gasteiger partial charge in [-0.3, -0.25) is 9.59 Å². The number of imide groups is 1. The Morgan fingerprint density at radius 3 is 2.07 bits per heavy atom. The normalized spacial score (nSPS) is 14.3. The lowest BCUT2D eigenvalue weighted by molar-refractivity contribution is -0.119. The molecule has 0 spiro atoms. The van der Waals surface area contributed by atoms with Crippen LogP contribution in [0.1, 0.15) is 30.5 Å². The second-order valence-electron chi connectivity index (χ2n) is 6.62. The topological polar surface area (TPSA) is 40.6 Å². The molecular weight excluding hydrogens is 360 g/mol. The zero-order chi connectivity index (χ0) is 19.7. The summed E-state index contributed by atoms with van der Waals surface area (Å²) in [5.41, 5.74) is 4.68. The predicted octanol–water partition coefficient (Wildman–Crippen LogP) is 4.67. The Hall–Kier alpha value is -2.59. The minimum atomic E-state index is -0.481. The molecule has 0 aromatic heterocycles. The summed E-state index contributed by atoms with van der Waals surface area (Å²) in [6.07, 6.45) is 0.